The summed E-state index contributed by atoms with van der Waals surface area (Å²) in [5.41, 5.74) is 1.39. The quantitative estimate of drug-likeness (QED) is 0.838. The van der Waals surface area contributed by atoms with E-state index in [0.29, 0.717) is 18.1 Å². The Morgan fingerprint density at radius 2 is 2.04 bits per heavy atom. The first-order chi connectivity index (χ1) is 11.1. The maximum Gasteiger partial charge on any atom is 0.287 e. The lowest BCUT2D eigenvalue weighted by Crippen LogP contribution is -2.29. The van der Waals surface area contributed by atoms with Crippen molar-refractivity contribution in [3.8, 4) is 0 Å². The molecule has 0 bridgehead atoms. The van der Waals surface area contributed by atoms with Gasteiger partial charge >= 0.3 is 0 Å². The zero-order valence-electron chi connectivity index (χ0n) is 14.5. The third-order valence-electron chi connectivity index (χ3n) is 4.25. The van der Waals surface area contributed by atoms with Gasteiger partial charge in [-0.1, -0.05) is 20.3 Å². The maximum absolute atomic E-state index is 12.7. The first-order valence-corrected chi connectivity index (χ1v) is 8.73. The van der Waals surface area contributed by atoms with Crippen LogP contribution >= 0.6 is 0 Å². The van der Waals surface area contributed by atoms with Gasteiger partial charge in [-0.25, -0.2) is 4.98 Å². The molecule has 0 unspecified atom stereocenters. The molecule has 2 amide bonds. The summed E-state index contributed by atoms with van der Waals surface area (Å²) in [6.45, 7) is 6.23. The molecule has 1 aliphatic rings. The summed E-state index contributed by atoms with van der Waals surface area (Å²) in [5.74, 6) is 0.143. The predicted molar refractivity (Wildman–Crippen MR) is 89.7 cm³/mol. The minimum absolute atomic E-state index is 0.0707. The maximum atomic E-state index is 12.7. The first-order valence-electron chi connectivity index (χ1n) is 8.73. The number of imidazole rings is 1. The Morgan fingerprint density at radius 3 is 2.74 bits per heavy atom. The fourth-order valence-electron chi connectivity index (χ4n) is 2.88. The molecule has 0 atom stereocenters. The standard InChI is InChI=1S/C17H28N4O2/c1-4-6-11-20(3)17(23)14-13-9-7-8-12-21(13)15(19-14)16(22)18-10-5-2/h4-12H2,1-3H3,(H,18,22). The monoisotopic (exact) mass is 320 g/mol. The SMILES string of the molecule is CCCCN(C)C(=O)c1nc(C(=O)NCCC)n2c1CCCC2. The number of hydrogen-bond acceptors (Lipinski definition) is 3. The largest absolute Gasteiger partial charge is 0.349 e. The molecule has 1 aromatic heterocycles. The highest BCUT2D eigenvalue weighted by molar-refractivity contribution is 5.97. The van der Waals surface area contributed by atoms with Crippen LogP contribution in [-0.2, 0) is 13.0 Å². The minimum Gasteiger partial charge on any atom is -0.349 e. The second-order valence-corrected chi connectivity index (χ2v) is 6.18. The van der Waals surface area contributed by atoms with Crippen LogP contribution < -0.4 is 5.32 Å². The first kappa shape index (κ1) is 17.5. The molecular weight excluding hydrogens is 292 g/mol. The summed E-state index contributed by atoms with van der Waals surface area (Å²) in [4.78, 5) is 31.2. The van der Waals surface area contributed by atoms with E-state index < -0.39 is 0 Å². The average Bonchev–Trinajstić information content (AvgIpc) is 2.96. The zero-order valence-corrected chi connectivity index (χ0v) is 14.5. The molecule has 23 heavy (non-hydrogen) atoms. The van der Waals surface area contributed by atoms with E-state index in [4.69, 9.17) is 0 Å². The Labute approximate surface area is 138 Å². The molecule has 1 aromatic rings. The lowest BCUT2D eigenvalue weighted by atomic mass is 10.1. The van der Waals surface area contributed by atoms with Gasteiger partial charge in [0, 0.05) is 26.7 Å². The van der Waals surface area contributed by atoms with Gasteiger partial charge in [-0.2, -0.15) is 0 Å². The molecule has 0 radical (unpaired) electrons. The highest BCUT2D eigenvalue weighted by atomic mass is 16.2. The molecule has 2 rings (SSSR count). The van der Waals surface area contributed by atoms with Crippen LogP contribution in [0.3, 0.4) is 0 Å². The van der Waals surface area contributed by atoms with Crippen LogP contribution in [0.15, 0.2) is 0 Å². The van der Waals surface area contributed by atoms with Gasteiger partial charge in [0.15, 0.2) is 5.82 Å². The van der Waals surface area contributed by atoms with Gasteiger partial charge in [-0.15, -0.1) is 0 Å². The second kappa shape index (κ2) is 8.13. The molecule has 0 spiro atoms. The van der Waals surface area contributed by atoms with E-state index in [9.17, 15) is 9.59 Å². The van der Waals surface area contributed by atoms with Crippen LogP contribution in [0.4, 0.5) is 0 Å². The Hall–Kier alpha value is -1.85. The van der Waals surface area contributed by atoms with Gasteiger partial charge in [0.25, 0.3) is 11.8 Å². The lowest BCUT2D eigenvalue weighted by molar-refractivity contribution is 0.0786. The van der Waals surface area contributed by atoms with Crippen molar-refractivity contribution in [1.29, 1.82) is 0 Å². The molecule has 0 aromatic carbocycles. The summed E-state index contributed by atoms with van der Waals surface area (Å²) < 4.78 is 1.94. The molecule has 1 aliphatic heterocycles. The molecule has 1 N–H and O–H groups in total. The molecule has 0 saturated heterocycles. The number of nitrogens with one attached hydrogen (secondary N) is 1. The summed E-state index contributed by atoms with van der Waals surface area (Å²) in [5, 5.41) is 2.87. The van der Waals surface area contributed by atoms with Crippen molar-refractivity contribution in [3.63, 3.8) is 0 Å². The molecular formula is C17H28N4O2. The van der Waals surface area contributed by atoms with Gasteiger partial charge < -0.3 is 14.8 Å². The van der Waals surface area contributed by atoms with E-state index in [-0.39, 0.29) is 11.8 Å². The van der Waals surface area contributed by atoms with E-state index in [1.54, 1.807) is 4.90 Å². The van der Waals surface area contributed by atoms with Crippen molar-refractivity contribution in [2.24, 2.45) is 0 Å². The number of unbranched alkanes of at least 4 members (excludes halogenated alkanes) is 1. The van der Waals surface area contributed by atoms with Gasteiger partial charge in [0.1, 0.15) is 5.69 Å². The van der Waals surface area contributed by atoms with Crippen molar-refractivity contribution in [2.45, 2.75) is 58.9 Å². The third kappa shape index (κ3) is 3.92. The zero-order chi connectivity index (χ0) is 16.8. The number of carbonyl (C=O) groups excluding carboxylic acids is 2. The predicted octanol–water partition coefficient (Wildman–Crippen LogP) is 2.23. The van der Waals surface area contributed by atoms with Gasteiger partial charge in [0.2, 0.25) is 0 Å². The number of rotatable bonds is 7. The van der Waals surface area contributed by atoms with Crippen LogP contribution in [0.25, 0.3) is 0 Å². The van der Waals surface area contributed by atoms with Gasteiger partial charge in [-0.05, 0) is 32.1 Å². The van der Waals surface area contributed by atoms with Crippen LogP contribution in [0.2, 0.25) is 0 Å². The number of fused-ring (bicyclic) bond motifs is 1. The normalized spacial score (nSPS) is 13.5. The summed E-state index contributed by atoms with van der Waals surface area (Å²) in [6, 6.07) is 0. The molecule has 0 saturated carbocycles. The third-order valence-corrected chi connectivity index (χ3v) is 4.25. The van der Waals surface area contributed by atoms with E-state index in [1.807, 2.05) is 18.5 Å². The summed E-state index contributed by atoms with van der Waals surface area (Å²) >= 11 is 0. The molecule has 0 fully saturated rings. The Balaban J connectivity index is 2.27. The van der Waals surface area contributed by atoms with Gasteiger partial charge in [-0.3, -0.25) is 9.59 Å². The molecule has 6 heteroatoms. The van der Waals surface area contributed by atoms with E-state index >= 15 is 0 Å². The van der Waals surface area contributed by atoms with Crippen LogP contribution in [0.5, 0.6) is 0 Å². The Kier molecular flexibility index (Phi) is 6.19. The Morgan fingerprint density at radius 1 is 1.26 bits per heavy atom. The number of nitrogens with zero attached hydrogens (tertiary/aromatic N) is 3. The second-order valence-electron chi connectivity index (χ2n) is 6.18. The molecule has 0 aliphatic carbocycles. The van der Waals surface area contributed by atoms with Crippen molar-refractivity contribution in [3.05, 3.63) is 17.2 Å². The molecule has 6 nitrogen and oxygen atoms in total. The highest BCUT2D eigenvalue weighted by Crippen LogP contribution is 2.22. The van der Waals surface area contributed by atoms with Crippen molar-refractivity contribution in [1.82, 2.24) is 19.8 Å². The molecule has 2 heterocycles. The fraction of sp³-hybridized carbons (Fsp3) is 0.706. The van der Waals surface area contributed by atoms with Crippen LogP contribution in [0.1, 0.15) is 72.8 Å². The minimum atomic E-state index is -0.176. The topological polar surface area (TPSA) is 67.2 Å². The number of amides is 2. The van der Waals surface area contributed by atoms with Crippen LogP contribution in [0, 0.1) is 0 Å². The summed E-state index contributed by atoms with van der Waals surface area (Å²) in [6.07, 6.45) is 5.78. The number of carbonyl (C=O) groups is 2. The van der Waals surface area contributed by atoms with Crippen molar-refractivity contribution in [2.75, 3.05) is 20.1 Å². The van der Waals surface area contributed by atoms with Crippen molar-refractivity contribution >= 4 is 11.8 Å². The smallest absolute Gasteiger partial charge is 0.287 e. The van der Waals surface area contributed by atoms with Crippen molar-refractivity contribution < 1.29 is 9.59 Å². The average molecular weight is 320 g/mol. The summed E-state index contributed by atoms with van der Waals surface area (Å²) in [7, 11) is 1.81. The van der Waals surface area contributed by atoms with E-state index in [0.717, 1.165) is 57.3 Å². The lowest BCUT2D eigenvalue weighted by Gasteiger charge is -2.19. The fourth-order valence-corrected chi connectivity index (χ4v) is 2.88. The number of aromatic nitrogens is 2. The van der Waals surface area contributed by atoms with Gasteiger partial charge in [0.05, 0.1) is 5.69 Å². The Bertz CT molecular complexity index is 565. The van der Waals surface area contributed by atoms with Crippen LogP contribution in [-0.4, -0.2) is 46.4 Å². The molecule has 128 valence electrons. The van der Waals surface area contributed by atoms with E-state index in [1.165, 1.54) is 0 Å². The highest BCUT2D eigenvalue weighted by Gasteiger charge is 2.28. The van der Waals surface area contributed by atoms with E-state index in [2.05, 4.69) is 17.2 Å². The number of hydrogen-bond donors (Lipinski definition) is 1.